The van der Waals surface area contributed by atoms with E-state index in [2.05, 4.69) is 11.8 Å². The lowest BCUT2D eigenvalue weighted by Crippen LogP contribution is -2.35. The first kappa shape index (κ1) is 18.1. The van der Waals surface area contributed by atoms with E-state index in [9.17, 15) is 9.90 Å². The highest BCUT2D eigenvalue weighted by Gasteiger charge is 2.10. The summed E-state index contributed by atoms with van der Waals surface area (Å²) in [7, 11) is 0. The van der Waals surface area contributed by atoms with E-state index in [1.54, 1.807) is 13.0 Å². The van der Waals surface area contributed by atoms with Crippen LogP contribution in [0.25, 0.3) is 0 Å². The standard InChI is InChI=1S/C15H29NO3/c1-4-7-8-10-16(13-14(17)6-3)11-12-19-15(18)9-5-2/h5,9,14,17H,4,6-8,10-13H2,1-3H3/b9-5+. The molecule has 0 aromatic heterocycles. The van der Waals surface area contributed by atoms with Gasteiger partial charge in [-0.05, 0) is 26.3 Å². The Labute approximate surface area is 117 Å². The van der Waals surface area contributed by atoms with E-state index in [1.807, 2.05) is 6.92 Å². The normalized spacial score (nSPS) is 13.1. The van der Waals surface area contributed by atoms with Gasteiger partial charge in [0.2, 0.25) is 0 Å². The topological polar surface area (TPSA) is 49.8 Å². The molecule has 0 rings (SSSR count). The zero-order valence-electron chi connectivity index (χ0n) is 12.6. The fourth-order valence-corrected chi connectivity index (χ4v) is 1.77. The molecule has 0 aliphatic rings. The van der Waals surface area contributed by atoms with Crippen LogP contribution >= 0.6 is 0 Å². The fourth-order valence-electron chi connectivity index (χ4n) is 1.77. The van der Waals surface area contributed by atoms with Crippen LogP contribution in [0.2, 0.25) is 0 Å². The highest BCUT2D eigenvalue weighted by atomic mass is 16.5. The second-order valence-corrected chi connectivity index (χ2v) is 4.74. The Bertz CT molecular complexity index is 254. The molecule has 0 saturated carbocycles. The largest absolute Gasteiger partial charge is 0.461 e. The minimum atomic E-state index is -0.299. The average Bonchev–Trinajstić information content (AvgIpc) is 2.38. The van der Waals surface area contributed by atoms with E-state index in [0.29, 0.717) is 19.7 Å². The van der Waals surface area contributed by atoms with Crippen molar-refractivity contribution in [1.29, 1.82) is 0 Å². The van der Waals surface area contributed by atoms with E-state index < -0.39 is 0 Å². The van der Waals surface area contributed by atoms with Crippen LogP contribution in [-0.2, 0) is 9.53 Å². The van der Waals surface area contributed by atoms with Gasteiger partial charge in [-0.25, -0.2) is 4.79 Å². The maximum atomic E-state index is 11.2. The highest BCUT2D eigenvalue weighted by Crippen LogP contribution is 2.02. The molecule has 0 aromatic rings. The first-order chi connectivity index (χ1) is 9.13. The predicted octanol–water partition coefficient (Wildman–Crippen LogP) is 2.37. The van der Waals surface area contributed by atoms with Crippen LogP contribution in [0.4, 0.5) is 0 Å². The second-order valence-electron chi connectivity index (χ2n) is 4.74. The van der Waals surface area contributed by atoms with Gasteiger partial charge in [-0.1, -0.05) is 32.8 Å². The zero-order chi connectivity index (χ0) is 14.5. The van der Waals surface area contributed by atoms with E-state index in [0.717, 1.165) is 19.4 Å². The van der Waals surface area contributed by atoms with E-state index >= 15 is 0 Å². The summed E-state index contributed by atoms with van der Waals surface area (Å²) in [5, 5.41) is 9.72. The molecule has 0 spiro atoms. The molecule has 19 heavy (non-hydrogen) atoms. The van der Waals surface area contributed by atoms with Crippen LogP contribution in [0.5, 0.6) is 0 Å². The van der Waals surface area contributed by atoms with Gasteiger partial charge in [0.05, 0.1) is 6.10 Å². The molecule has 0 aliphatic heterocycles. The Morgan fingerprint density at radius 3 is 2.63 bits per heavy atom. The van der Waals surface area contributed by atoms with Gasteiger partial charge < -0.3 is 9.84 Å². The van der Waals surface area contributed by atoms with Crippen LogP contribution in [0.3, 0.4) is 0 Å². The Morgan fingerprint density at radius 2 is 2.05 bits per heavy atom. The molecule has 1 N–H and O–H groups in total. The molecule has 4 nitrogen and oxygen atoms in total. The molecule has 0 aromatic carbocycles. The van der Waals surface area contributed by atoms with Crippen molar-refractivity contribution in [2.75, 3.05) is 26.2 Å². The lowest BCUT2D eigenvalue weighted by Gasteiger charge is -2.24. The van der Waals surface area contributed by atoms with Crippen molar-refractivity contribution in [3.63, 3.8) is 0 Å². The molecule has 0 saturated heterocycles. The van der Waals surface area contributed by atoms with Gasteiger partial charge in [-0.2, -0.15) is 0 Å². The second kappa shape index (κ2) is 12.2. The van der Waals surface area contributed by atoms with Crippen LogP contribution in [0.15, 0.2) is 12.2 Å². The number of nitrogens with zero attached hydrogens (tertiary/aromatic N) is 1. The molecule has 1 unspecified atom stereocenters. The number of unbranched alkanes of at least 4 members (excludes halogenated alkanes) is 2. The first-order valence-electron chi connectivity index (χ1n) is 7.33. The maximum absolute atomic E-state index is 11.2. The SMILES string of the molecule is C/C=C/C(=O)OCCN(CCCCC)CC(O)CC. The van der Waals surface area contributed by atoms with Crippen LogP contribution in [0.1, 0.15) is 46.5 Å². The van der Waals surface area contributed by atoms with E-state index in [4.69, 9.17) is 4.74 Å². The number of hydrogen-bond donors (Lipinski definition) is 1. The highest BCUT2D eigenvalue weighted by molar-refractivity contribution is 5.81. The van der Waals surface area contributed by atoms with Crippen molar-refractivity contribution in [3.8, 4) is 0 Å². The molecule has 0 radical (unpaired) electrons. The van der Waals surface area contributed by atoms with Crippen LogP contribution in [-0.4, -0.2) is 48.3 Å². The predicted molar refractivity (Wildman–Crippen MR) is 78.0 cm³/mol. The number of aliphatic hydroxyl groups excluding tert-OH is 1. The Morgan fingerprint density at radius 1 is 1.32 bits per heavy atom. The Balaban J connectivity index is 3.99. The summed E-state index contributed by atoms with van der Waals surface area (Å²) in [5.74, 6) is -0.299. The molecule has 112 valence electrons. The van der Waals surface area contributed by atoms with Crippen molar-refractivity contribution in [2.45, 2.75) is 52.6 Å². The summed E-state index contributed by atoms with van der Waals surface area (Å²) >= 11 is 0. The summed E-state index contributed by atoms with van der Waals surface area (Å²) in [6.07, 6.45) is 7.04. The third kappa shape index (κ3) is 10.7. The summed E-state index contributed by atoms with van der Waals surface area (Å²) in [6, 6.07) is 0. The number of esters is 1. The van der Waals surface area contributed by atoms with Crippen LogP contribution in [0, 0.1) is 0 Å². The van der Waals surface area contributed by atoms with Gasteiger partial charge in [0.25, 0.3) is 0 Å². The number of aliphatic hydroxyl groups is 1. The molecular weight excluding hydrogens is 242 g/mol. The fraction of sp³-hybridized carbons (Fsp3) is 0.800. The Hall–Kier alpha value is -0.870. The molecular formula is C15H29NO3. The summed E-state index contributed by atoms with van der Waals surface area (Å²) in [4.78, 5) is 13.4. The number of rotatable bonds is 11. The van der Waals surface area contributed by atoms with Gasteiger partial charge >= 0.3 is 5.97 Å². The third-order valence-corrected chi connectivity index (χ3v) is 2.97. The quantitative estimate of drug-likeness (QED) is 0.356. The van der Waals surface area contributed by atoms with Gasteiger partial charge in [0.15, 0.2) is 0 Å². The van der Waals surface area contributed by atoms with Gasteiger partial charge in [-0.3, -0.25) is 4.90 Å². The van der Waals surface area contributed by atoms with Crippen molar-refractivity contribution in [3.05, 3.63) is 12.2 Å². The number of carbonyl (C=O) groups is 1. The van der Waals surface area contributed by atoms with Gasteiger partial charge in [-0.15, -0.1) is 0 Å². The number of ether oxygens (including phenoxy) is 1. The smallest absolute Gasteiger partial charge is 0.330 e. The van der Waals surface area contributed by atoms with Gasteiger partial charge in [0, 0.05) is 19.2 Å². The van der Waals surface area contributed by atoms with Gasteiger partial charge in [0.1, 0.15) is 6.61 Å². The third-order valence-electron chi connectivity index (χ3n) is 2.97. The molecule has 0 aliphatic carbocycles. The monoisotopic (exact) mass is 271 g/mol. The average molecular weight is 271 g/mol. The van der Waals surface area contributed by atoms with Crippen molar-refractivity contribution >= 4 is 5.97 Å². The number of hydrogen-bond acceptors (Lipinski definition) is 4. The zero-order valence-corrected chi connectivity index (χ0v) is 12.6. The van der Waals surface area contributed by atoms with Crippen molar-refractivity contribution < 1.29 is 14.6 Å². The summed E-state index contributed by atoms with van der Waals surface area (Å²) in [6.45, 7) is 8.60. The summed E-state index contributed by atoms with van der Waals surface area (Å²) in [5.41, 5.74) is 0. The minimum absolute atomic E-state index is 0.298. The van der Waals surface area contributed by atoms with E-state index in [-0.39, 0.29) is 12.1 Å². The molecule has 0 heterocycles. The molecule has 0 bridgehead atoms. The molecule has 0 fully saturated rings. The lowest BCUT2D eigenvalue weighted by atomic mass is 10.2. The first-order valence-corrected chi connectivity index (χ1v) is 7.33. The number of carbonyl (C=O) groups excluding carboxylic acids is 1. The van der Waals surface area contributed by atoms with E-state index in [1.165, 1.54) is 18.9 Å². The molecule has 4 heteroatoms. The maximum Gasteiger partial charge on any atom is 0.330 e. The molecule has 0 amide bonds. The van der Waals surface area contributed by atoms with Crippen molar-refractivity contribution in [1.82, 2.24) is 4.90 Å². The lowest BCUT2D eigenvalue weighted by molar-refractivity contribution is -0.138. The Kier molecular flexibility index (Phi) is 11.6. The summed E-state index contributed by atoms with van der Waals surface area (Å²) < 4.78 is 5.09. The molecule has 1 atom stereocenters. The minimum Gasteiger partial charge on any atom is -0.461 e. The number of allylic oxidation sites excluding steroid dienone is 1. The van der Waals surface area contributed by atoms with Crippen molar-refractivity contribution in [2.24, 2.45) is 0 Å². The van der Waals surface area contributed by atoms with Crippen LogP contribution < -0.4 is 0 Å².